The summed E-state index contributed by atoms with van der Waals surface area (Å²) < 4.78 is 3.39. The highest BCUT2D eigenvalue weighted by Gasteiger charge is 2.24. The number of hydrogen-bond donors (Lipinski definition) is 2. The van der Waals surface area contributed by atoms with Crippen LogP contribution >= 0.6 is 0 Å². The third kappa shape index (κ3) is 3.27. The molecule has 2 aromatic rings. The van der Waals surface area contributed by atoms with Gasteiger partial charge in [-0.1, -0.05) is 0 Å². The van der Waals surface area contributed by atoms with Crippen LogP contribution in [0.3, 0.4) is 0 Å². The van der Waals surface area contributed by atoms with E-state index in [1.54, 1.807) is 22.5 Å². The maximum Gasteiger partial charge on any atom is 0.268 e. The van der Waals surface area contributed by atoms with Crippen molar-refractivity contribution < 1.29 is 9.59 Å². The summed E-state index contributed by atoms with van der Waals surface area (Å²) in [6, 6.07) is 1.58. The fourth-order valence-electron chi connectivity index (χ4n) is 3.09. The molecule has 0 spiro atoms. The lowest BCUT2D eigenvalue weighted by Gasteiger charge is -2.33. The molecule has 1 unspecified atom stereocenters. The summed E-state index contributed by atoms with van der Waals surface area (Å²) in [5.41, 5.74) is 7.10. The van der Waals surface area contributed by atoms with Crippen molar-refractivity contribution in [3.05, 3.63) is 35.9 Å². The van der Waals surface area contributed by atoms with Crippen molar-refractivity contribution in [2.75, 3.05) is 18.0 Å². The molecular formula is C16H22N6O2. The van der Waals surface area contributed by atoms with E-state index in [4.69, 9.17) is 5.73 Å². The first kappa shape index (κ1) is 16.1. The number of carbonyl (C=O) groups excluding carboxylic acids is 2. The Hall–Kier alpha value is -2.77. The van der Waals surface area contributed by atoms with Gasteiger partial charge in [-0.05, 0) is 18.9 Å². The van der Waals surface area contributed by atoms with Gasteiger partial charge in [0.05, 0.1) is 17.4 Å². The predicted octanol–water partition coefficient (Wildman–Crippen LogP) is 0.256. The van der Waals surface area contributed by atoms with Crippen molar-refractivity contribution in [3.63, 3.8) is 0 Å². The van der Waals surface area contributed by atoms with Gasteiger partial charge in [0.15, 0.2) is 0 Å². The Bertz CT molecular complexity index is 762. The lowest BCUT2D eigenvalue weighted by molar-refractivity contribution is 0.0924. The van der Waals surface area contributed by atoms with Crippen LogP contribution in [0.15, 0.2) is 24.7 Å². The minimum atomic E-state index is -0.537. The number of nitrogens with two attached hydrogens (primary N) is 1. The van der Waals surface area contributed by atoms with Gasteiger partial charge in [0.2, 0.25) is 5.91 Å². The molecule has 0 aromatic carbocycles. The molecule has 1 aliphatic rings. The number of rotatable bonds is 4. The summed E-state index contributed by atoms with van der Waals surface area (Å²) in [6.07, 6.45) is 7.30. The fourth-order valence-corrected chi connectivity index (χ4v) is 3.09. The zero-order chi connectivity index (χ0) is 17.3. The molecule has 2 aromatic heterocycles. The van der Waals surface area contributed by atoms with Crippen molar-refractivity contribution in [2.45, 2.75) is 18.9 Å². The zero-order valence-corrected chi connectivity index (χ0v) is 13.9. The van der Waals surface area contributed by atoms with E-state index in [1.165, 1.54) is 6.07 Å². The number of amides is 2. The summed E-state index contributed by atoms with van der Waals surface area (Å²) in [7, 11) is 3.61. The van der Waals surface area contributed by atoms with Gasteiger partial charge in [0, 0.05) is 45.6 Å². The average molecular weight is 330 g/mol. The third-order valence-electron chi connectivity index (χ3n) is 4.34. The van der Waals surface area contributed by atoms with E-state index < -0.39 is 5.91 Å². The van der Waals surface area contributed by atoms with Gasteiger partial charge in [-0.3, -0.25) is 14.3 Å². The molecule has 1 atom stereocenters. The van der Waals surface area contributed by atoms with Gasteiger partial charge in [-0.25, -0.2) is 0 Å². The largest absolute Gasteiger partial charge is 0.367 e. The molecule has 128 valence electrons. The Morgan fingerprint density at radius 2 is 2.12 bits per heavy atom. The number of aryl methyl sites for hydroxylation is 2. The molecule has 8 nitrogen and oxygen atoms in total. The third-order valence-corrected chi connectivity index (χ3v) is 4.34. The smallest absolute Gasteiger partial charge is 0.268 e. The second-order valence-electron chi connectivity index (χ2n) is 6.22. The van der Waals surface area contributed by atoms with Crippen LogP contribution in [0.1, 0.15) is 33.7 Å². The Kier molecular flexibility index (Phi) is 4.28. The summed E-state index contributed by atoms with van der Waals surface area (Å²) in [6.45, 7) is 1.69. The first-order chi connectivity index (χ1) is 11.4. The molecule has 1 saturated heterocycles. The predicted molar refractivity (Wildman–Crippen MR) is 89.8 cm³/mol. The Morgan fingerprint density at radius 1 is 1.33 bits per heavy atom. The highest BCUT2D eigenvalue weighted by Crippen LogP contribution is 2.19. The number of nitrogens with one attached hydrogen (secondary N) is 1. The van der Waals surface area contributed by atoms with Crippen LogP contribution in [-0.2, 0) is 14.1 Å². The van der Waals surface area contributed by atoms with E-state index in [1.807, 2.05) is 19.4 Å². The van der Waals surface area contributed by atoms with Crippen molar-refractivity contribution in [1.29, 1.82) is 0 Å². The molecule has 1 fully saturated rings. The Balaban J connectivity index is 1.67. The highest BCUT2D eigenvalue weighted by atomic mass is 16.2. The number of piperidine rings is 1. The number of carbonyl (C=O) groups is 2. The van der Waals surface area contributed by atoms with Crippen molar-refractivity contribution >= 4 is 17.5 Å². The van der Waals surface area contributed by atoms with E-state index in [9.17, 15) is 9.59 Å². The first-order valence-electron chi connectivity index (χ1n) is 7.94. The van der Waals surface area contributed by atoms with Crippen molar-refractivity contribution in [3.8, 4) is 0 Å². The molecule has 0 bridgehead atoms. The van der Waals surface area contributed by atoms with Gasteiger partial charge in [0.1, 0.15) is 5.69 Å². The lowest BCUT2D eigenvalue weighted by Crippen LogP contribution is -2.48. The molecule has 8 heteroatoms. The first-order valence-corrected chi connectivity index (χ1v) is 7.94. The number of hydrogen-bond acceptors (Lipinski definition) is 4. The molecule has 3 rings (SSSR count). The van der Waals surface area contributed by atoms with Crippen molar-refractivity contribution in [1.82, 2.24) is 19.7 Å². The summed E-state index contributed by atoms with van der Waals surface area (Å²) in [5.74, 6) is -0.729. The van der Waals surface area contributed by atoms with Gasteiger partial charge in [-0.15, -0.1) is 0 Å². The van der Waals surface area contributed by atoms with Gasteiger partial charge in [0.25, 0.3) is 5.91 Å². The second-order valence-corrected chi connectivity index (χ2v) is 6.22. The van der Waals surface area contributed by atoms with E-state index in [0.717, 1.165) is 31.6 Å². The monoisotopic (exact) mass is 330 g/mol. The highest BCUT2D eigenvalue weighted by molar-refractivity contribution is 5.98. The number of primary amides is 1. The number of aromatic nitrogens is 3. The maximum absolute atomic E-state index is 12.5. The maximum atomic E-state index is 12.5. The standard InChI is InChI=1S/C16H22N6O2/c1-20-8-11(15(17)23)6-14(20)16(24)19-12-4-3-5-22(9-12)13-7-18-21(2)10-13/h6-8,10,12H,3-5,9H2,1-2H3,(H2,17,23)(H,19,24). The van der Waals surface area contributed by atoms with Crippen LogP contribution in [-0.4, -0.2) is 45.3 Å². The second kappa shape index (κ2) is 6.38. The molecule has 0 saturated carbocycles. The number of nitrogens with zero attached hydrogens (tertiary/aromatic N) is 4. The molecule has 2 amide bonds. The van der Waals surface area contributed by atoms with Crippen LogP contribution in [0.25, 0.3) is 0 Å². The van der Waals surface area contributed by atoms with Gasteiger partial charge in [-0.2, -0.15) is 5.10 Å². The molecular weight excluding hydrogens is 308 g/mol. The summed E-state index contributed by atoms with van der Waals surface area (Å²) in [4.78, 5) is 26.0. The molecule has 3 heterocycles. The van der Waals surface area contributed by atoms with Crippen LogP contribution in [0.5, 0.6) is 0 Å². The quantitative estimate of drug-likeness (QED) is 0.840. The van der Waals surface area contributed by atoms with E-state index in [-0.39, 0.29) is 11.9 Å². The average Bonchev–Trinajstić information content (AvgIpc) is 3.13. The SMILES string of the molecule is Cn1cc(N2CCCC(NC(=O)c3cc(C(N)=O)cn3C)C2)cn1. The fraction of sp³-hybridized carbons (Fsp3) is 0.438. The van der Waals surface area contributed by atoms with Crippen LogP contribution in [0.2, 0.25) is 0 Å². The van der Waals surface area contributed by atoms with Crippen molar-refractivity contribution in [2.24, 2.45) is 19.8 Å². The van der Waals surface area contributed by atoms with E-state index >= 15 is 0 Å². The zero-order valence-electron chi connectivity index (χ0n) is 13.9. The number of anilines is 1. The summed E-state index contributed by atoms with van der Waals surface area (Å²) in [5, 5.41) is 7.25. The molecule has 0 aliphatic carbocycles. The Morgan fingerprint density at radius 3 is 2.75 bits per heavy atom. The minimum absolute atomic E-state index is 0.0541. The summed E-state index contributed by atoms with van der Waals surface area (Å²) >= 11 is 0. The van der Waals surface area contributed by atoms with E-state index in [0.29, 0.717) is 11.3 Å². The molecule has 0 radical (unpaired) electrons. The Labute approximate surface area is 140 Å². The topological polar surface area (TPSA) is 98.2 Å². The minimum Gasteiger partial charge on any atom is -0.367 e. The van der Waals surface area contributed by atoms with Crippen LogP contribution in [0.4, 0.5) is 5.69 Å². The van der Waals surface area contributed by atoms with Gasteiger partial charge < -0.3 is 20.5 Å². The normalized spacial score (nSPS) is 17.8. The molecule has 3 N–H and O–H groups in total. The van der Waals surface area contributed by atoms with Crippen LogP contribution < -0.4 is 16.0 Å². The molecule has 24 heavy (non-hydrogen) atoms. The van der Waals surface area contributed by atoms with Gasteiger partial charge >= 0.3 is 0 Å². The lowest BCUT2D eigenvalue weighted by atomic mass is 10.1. The van der Waals surface area contributed by atoms with E-state index in [2.05, 4.69) is 15.3 Å². The van der Waals surface area contributed by atoms with Crippen LogP contribution in [0, 0.1) is 0 Å². The molecule has 1 aliphatic heterocycles.